The molecule has 84 valence electrons. The lowest BCUT2D eigenvalue weighted by molar-refractivity contribution is 0.0736. The van der Waals surface area contributed by atoms with Crippen molar-refractivity contribution in [3.8, 4) is 0 Å². The fourth-order valence-electron chi connectivity index (χ4n) is 1.28. The third-order valence-corrected chi connectivity index (χ3v) is 3.03. The summed E-state index contributed by atoms with van der Waals surface area (Å²) in [4.78, 5) is 27.2. The van der Waals surface area contributed by atoms with Crippen LogP contribution in [0.1, 0.15) is 22.3 Å². The summed E-state index contributed by atoms with van der Waals surface area (Å²) in [5, 5.41) is 8.78. The Morgan fingerprint density at radius 2 is 2.27 bits per heavy atom. The van der Waals surface area contributed by atoms with Gasteiger partial charge in [-0.15, -0.1) is 0 Å². The van der Waals surface area contributed by atoms with Crippen LogP contribution >= 0.6 is 11.3 Å². The van der Waals surface area contributed by atoms with Gasteiger partial charge in [0.05, 0.1) is 6.61 Å². The van der Waals surface area contributed by atoms with E-state index in [1.165, 1.54) is 4.90 Å². The number of rotatable bonds is 4. The van der Waals surface area contributed by atoms with Crippen molar-refractivity contribution in [2.45, 2.75) is 13.8 Å². The molecule has 0 aliphatic carbocycles. The van der Waals surface area contributed by atoms with Crippen molar-refractivity contribution in [2.75, 3.05) is 19.7 Å². The average molecular weight is 230 g/mol. The van der Waals surface area contributed by atoms with Gasteiger partial charge in [0.1, 0.15) is 4.88 Å². The first-order valence-electron chi connectivity index (χ1n) is 4.70. The molecule has 5 nitrogen and oxygen atoms in total. The summed E-state index contributed by atoms with van der Waals surface area (Å²) in [5.74, 6) is -0.201. The van der Waals surface area contributed by atoms with Gasteiger partial charge in [-0.2, -0.15) is 0 Å². The normalized spacial score (nSPS) is 10.3. The maximum atomic E-state index is 11.9. The quantitative estimate of drug-likeness (QED) is 0.776. The minimum Gasteiger partial charge on any atom is -0.395 e. The van der Waals surface area contributed by atoms with Crippen LogP contribution in [0.25, 0.3) is 0 Å². The van der Waals surface area contributed by atoms with Crippen molar-refractivity contribution in [1.82, 2.24) is 9.88 Å². The van der Waals surface area contributed by atoms with Crippen LogP contribution in [0.5, 0.6) is 0 Å². The van der Waals surface area contributed by atoms with Gasteiger partial charge in [-0.3, -0.25) is 9.59 Å². The molecular weight excluding hydrogens is 216 g/mol. The highest BCUT2D eigenvalue weighted by Crippen LogP contribution is 2.11. The van der Waals surface area contributed by atoms with Gasteiger partial charge in [-0.05, 0) is 13.8 Å². The van der Waals surface area contributed by atoms with Crippen LogP contribution in [0.2, 0.25) is 0 Å². The second-order valence-corrected chi connectivity index (χ2v) is 4.06. The van der Waals surface area contributed by atoms with Gasteiger partial charge in [-0.1, -0.05) is 11.3 Å². The maximum Gasteiger partial charge on any atom is 0.305 e. The minimum absolute atomic E-state index is 0.0715. The van der Waals surface area contributed by atoms with Gasteiger partial charge in [0.25, 0.3) is 5.91 Å². The average Bonchev–Trinajstić information content (AvgIpc) is 2.53. The van der Waals surface area contributed by atoms with E-state index in [2.05, 4.69) is 4.98 Å². The van der Waals surface area contributed by atoms with Crippen LogP contribution in [0.3, 0.4) is 0 Å². The minimum atomic E-state index is -0.226. The van der Waals surface area contributed by atoms with Gasteiger partial charge in [0, 0.05) is 18.8 Å². The Bertz CT molecular complexity index is 396. The first-order valence-corrected chi connectivity index (χ1v) is 5.51. The lowest BCUT2D eigenvalue weighted by atomic mass is 10.3. The number of aryl methyl sites for hydroxylation is 1. The first-order chi connectivity index (χ1) is 7.10. The predicted octanol–water partition coefficient (Wildman–Crippen LogP) is 0.199. The second kappa shape index (κ2) is 5.09. The number of aromatic nitrogens is 1. The number of aliphatic hydroxyl groups excluding tert-OH is 1. The molecule has 0 spiro atoms. The molecule has 1 aromatic heterocycles. The number of carbonyl (C=O) groups is 1. The molecule has 1 aromatic rings. The van der Waals surface area contributed by atoms with Crippen molar-refractivity contribution in [1.29, 1.82) is 0 Å². The monoisotopic (exact) mass is 230 g/mol. The molecule has 2 N–H and O–H groups in total. The number of likely N-dealkylation sites (N-methyl/N-ethyl adjacent to an activating group) is 1. The molecule has 0 fully saturated rings. The number of thiazole rings is 1. The van der Waals surface area contributed by atoms with Crippen LogP contribution in [0.15, 0.2) is 4.79 Å². The van der Waals surface area contributed by atoms with Gasteiger partial charge < -0.3 is 15.0 Å². The number of aromatic amines is 1. The van der Waals surface area contributed by atoms with Crippen LogP contribution in [0, 0.1) is 6.92 Å². The van der Waals surface area contributed by atoms with E-state index >= 15 is 0 Å². The zero-order chi connectivity index (χ0) is 11.4. The molecule has 0 saturated heterocycles. The summed E-state index contributed by atoms with van der Waals surface area (Å²) in [6, 6.07) is 0. The Labute approximate surface area is 91.4 Å². The smallest absolute Gasteiger partial charge is 0.305 e. The van der Waals surface area contributed by atoms with Crippen LogP contribution in [0.4, 0.5) is 0 Å². The standard InChI is InChI=1S/C9H14N2O3S/c1-3-11(4-5-12)8(13)7-6(2)10-9(14)15-7/h12H,3-5H2,1-2H3,(H,10,14). The number of carbonyl (C=O) groups excluding carboxylic acids is 1. The third kappa shape index (κ3) is 2.66. The van der Waals surface area contributed by atoms with E-state index < -0.39 is 0 Å². The fourth-order valence-corrected chi connectivity index (χ4v) is 2.09. The molecule has 15 heavy (non-hydrogen) atoms. The Balaban J connectivity index is 2.92. The molecule has 0 unspecified atom stereocenters. The molecule has 1 heterocycles. The lowest BCUT2D eigenvalue weighted by Gasteiger charge is -2.18. The second-order valence-electron chi connectivity index (χ2n) is 3.08. The number of aliphatic hydroxyl groups is 1. The third-order valence-electron chi connectivity index (χ3n) is 2.06. The van der Waals surface area contributed by atoms with E-state index in [0.717, 1.165) is 11.3 Å². The van der Waals surface area contributed by atoms with Gasteiger partial charge in [-0.25, -0.2) is 0 Å². The van der Waals surface area contributed by atoms with Crippen molar-refractivity contribution < 1.29 is 9.90 Å². The summed E-state index contributed by atoms with van der Waals surface area (Å²) >= 11 is 0.908. The maximum absolute atomic E-state index is 11.9. The molecule has 1 amide bonds. The topological polar surface area (TPSA) is 73.4 Å². The largest absolute Gasteiger partial charge is 0.395 e. The van der Waals surface area contributed by atoms with Gasteiger partial charge in [0.2, 0.25) is 0 Å². The van der Waals surface area contributed by atoms with Crippen LogP contribution in [-0.4, -0.2) is 40.6 Å². The number of nitrogens with zero attached hydrogens (tertiary/aromatic N) is 1. The van der Waals surface area contributed by atoms with Crippen molar-refractivity contribution in [2.24, 2.45) is 0 Å². The molecule has 0 radical (unpaired) electrons. The SMILES string of the molecule is CCN(CCO)C(=O)c1sc(=O)[nH]c1C. The zero-order valence-corrected chi connectivity index (χ0v) is 9.56. The van der Waals surface area contributed by atoms with Gasteiger partial charge in [0.15, 0.2) is 0 Å². The Hall–Kier alpha value is -1.14. The highest BCUT2D eigenvalue weighted by molar-refractivity contribution is 7.11. The number of nitrogens with one attached hydrogen (secondary N) is 1. The molecule has 6 heteroatoms. The highest BCUT2D eigenvalue weighted by atomic mass is 32.1. The summed E-state index contributed by atoms with van der Waals surface area (Å²) in [5.41, 5.74) is 0.589. The number of amides is 1. The number of hydrogen-bond acceptors (Lipinski definition) is 4. The van der Waals surface area contributed by atoms with E-state index in [0.29, 0.717) is 23.7 Å². The van der Waals surface area contributed by atoms with Crippen molar-refractivity contribution >= 4 is 17.2 Å². The molecule has 0 bridgehead atoms. The van der Waals surface area contributed by atoms with Crippen molar-refractivity contribution in [3.05, 3.63) is 20.2 Å². The van der Waals surface area contributed by atoms with E-state index in [9.17, 15) is 9.59 Å². The summed E-state index contributed by atoms with van der Waals surface area (Å²) in [6.45, 7) is 4.26. The predicted molar refractivity (Wildman–Crippen MR) is 58.3 cm³/mol. The zero-order valence-electron chi connectivity index (χ0n) is 8.74. The fraction of sp³-hybridized carbons (Fsp3) is 0.556. The Morgan fingerprint density at radius 3 is 2.67 bits per heavy atom. The number of H-pyrrole nitrogens is 1. The van der Waals surface area contributed by atoms with E-state index in [1.54, 1.807) is 6.92 Å². The lowest BCUT2D eigenvalue weighted by Crippen LogP contribution is -2.33. The Kier molecular flexibility index (Phi) is 4.05. The highest BCUT2D eigenvalue weighted by Gasteiger charge is 2.18. The molecule has 0 aliphatic rings. The molecular formula is C9H14N2O3S. The van der Waals surface area contributed by atoms with Crippen LogP contribution < -0.4 is 4.87 Å². The summed E-state index contributed by atoms with van der Waals surface area (Å²) in [7, 11) is 0. The molecule has 1 rings (SSSR count). The van der Waals surface area contributed by atoms with Crippen LogP contribution in [-0.2, 0) is 0 Å². The van der Waals surface area contributed by atoms with E-state index in [-0.39, 0.29) is 17.4 Å². The Morgan fingerprint density at radius 1 is 1.60 bits per heavy atom. The van der Waals surface area contributed by atoms with Crippen molar-refractivity contribution in [3.63, 3.8) is 0 Å². The molecule has 0 saturated carbocycles. The molecule has 0 aromatic carbocycles. The van der Waals surface area contributed by atoms with Gasteiger partial charge >= 0.3 is 4.87 Å². The van der Waals surface area contributed by atoms with E-state index in [4.69, 9.17) is 5.11 Å². The molecule has 0 atom stereocenters. The van der Waals surface area contributed by atoms with E-state index in [1.807, 2.05) is 6.92 Å². The first kappa shape index (κ1) is 11.9. The number of hydrogen-bond donors (Lipinski definition) is 2. The summed E-state index contributed by atoms with van der Waals surface area (Å²) in [6.07, 6.45) is 0. The summed E-state index contributed by atoms with van der Waals surface area (Å²) < 4.78 is 0. The molecule has 0 aliphatic heterocycles.